The van der Waals surface area contributed by atoms with E-state index in [2.05, 4.69) is 39.8 Å². The van der Waals surface area contributed by atoms with Crippen molar-refractivity contribution in [3.05, 3.63) is 36.1 Å². The molecule has 104 valence electrons. The van der Waals surface area contributed by atoms with E-state index in [1.807, 2.05) is 12.5 Å². The minimum Gasteiger partial charge on any atom is -0.470 e. The molecule has 0 saturated heterocycles. The Morgan fingerprint density at radius 3 is 3.21 bits per heavy atom. The Morgan fingerprint density at radius 2 is 2.47 bits per heavy atom. The maximum absolute atomic E-state index is 5.72. The van der Waals surface area contributed by atoms with Gasteiger partial charge >= 0.3 is 0 Å². The smallest absolute Gasteiger partial charge is 0.102 e. The van der Waals surface area contributed by atoms with Gasteiger partial charge in [-0.05, 0) is 32.0 Å². The molecule has 0 bridgehead atoms. The van der Waals surface area contributed by atoms with Crippen LogP contribution in [0, 0.1) is 0 Å². The zero-order chi connectivity index (χ0) is 13.5. The van der Waals surface area contributed by atoms with Gasteiger partial charge in [-0.1, -0.05) is 13.3 Å². The van der Waals surface area contributed by atoms with Gasteiger partial charge < -0.3 is 4.74 Å². The van der Waals surface area contributed by atoms with Gasteiger partial charge in [0.25, 0.3) is 0 Å². The van der Waals surface area contributed by atoms with Crippen molar-refractivity contribution in [1.82, 2.24) is 13.6 Å². The number of hydrogen-bond acceptors (Lipinski definition) is 5. The summed E-state index contributed by atoms with van der Waals surface area (Å²) < 4.78 is 14.1. The fourth-order valence-corrected chi connectivity index (χ4v) is 2.50. The molecule has 0 amide bonds. The van der Waals surface area contributed by atoms with Gasteiger partial charge in [-0.25, -0.2) is 0 Å². The Labute approximate surface area is 119 Å². The Hall–Kier alpha value is -1.20. The van der Waals surface area contributed by atoms with Crippen molar-refractivity contribution in [3.63, 3.8) is 0 Å². The zero-order valence-corrected chi connectivity index (χ0v) is 12.4. The Balaban J connectivity index is 1.94. The van der Waals surface area contributed by atoms with Crippen LogP contribution < -0.4 is 0 Å². The van der Waals surface area contributed by atoms with E-state index in [0.717, 1.165) is 30.8 Å². The monoisotopic (exact) mass is 279 g/mol. The second-order valence-corrected chi connectivity index (χ2v) is 5.33. The molecule has 2 heterocycles. The fraction of sp³-hybridized carbons (Fsp3) is 0.571. The maximum atomic E-state index is 5.72. The first-order chi connectivity index (χ1) is 9.31. The van der Waals surface area contributed by atoms with Crippen LogP contribution in [0.5, 0.6) is 0 Å². The summed E-state index contributed by atoms with van der Waals surface area (Å²) in [5, 5.41) is 0. The standard InChI is InChI=1S/C14H21N3OS/c1-3-4-5-6-9-18-12-7-8-17(2)14(10-12)13-11-15-19-16-13/h6,9-11,14H,3-5,7-8H2,1-2H3. The maximum Gasteiger partial charge on any atom is 0.102 e. The van der Waals surface area contributed by atoms with E-state index in [-0.39, 0.29) is 6.04 Å². The first-order valence-corrected chi connectivity index (χ1v) is 7.54. The van der Waals surface area contributed by atoms with E-state index >= 15 is 0 Å². The summed E-state index contributed by atoms with van der Waals surface area (Å²) in [5.74, 6) is 1.03. The number of allylic oxidation sites excluding steroid dienone is 1. The molecule has 0 fully saturated rings. The van der Waals surface area contributed by atoms with Crippen LogP contribution in [0.1, 0.15) is 44.3 Å². The molecule has 5 heteroatoms. The molecule has 0 N–H and O–H groups in total. The van der Waals surface area contributed by atoms with Crippen molar-refractivity contribution >= 4 is 11.7 Å². The number of rotatable bonds is 6. The largest absolute Gasteiger partial charge is 0.470 e. The number of hydrogen-bond donors (Lipinski definition) is 0. The number of unbranched alkanes of at least 4 members (excludes halogenated alkanes) is 2. The van der Waals surface area contributed by atoms with E-state index in [9.17, 15) is 0 Å². The average Bonchev–Trinajstić information content (AvgIpc) is 2.94. The third-order valence-electron chi connectivity index (χ3n) is 3.25. The van der Waals surface area contributed by atoms with Crippen LogP contribution in [0.3, 0.4) is 0 Å². The highest BCUT2D eigenvalue weighted by atomic mass is 32.1. The minimum atomic E-state index is 0.187. The van der Waals surface area contributed by atoms with Gasteiger partial charge in [-0.15, -0.1) is 0 Å². The van der Waals surface area contributed by atoms with Crippen LogP contribution in [-0.2, 0) is 4.74 Å². The van der Waals surface area contributed by atoms with Crippen LogP contribution in [0.15, 0.2) is 30.4 Å². The molecule has 1 aromatic heterocycles. The van der Waals surface area contributed by atoms with E-state index in [4.69, 9.17) is 4.74 Å². The third-order valence-corrected chi connectivity index (χ3v) is 3.74. The van der Waals surface area contributed by atoms with Crippen molar-refractivity contribution in [3.8, 4) is 0 Å². The molecule has 1 aliphatic rings. The molecule has 0 spiro atoms. The predicted octanol–water partition coefficient (Wildman–Crippen LogP) is 3.52. The zero-order valence-electron chi connectivity index (χ0n) is 11.6. The normalized spacial score (nSPS) is 20.7. The van der Waals surface area contributed by atoms with E-state index in [0.29, 0.717) is 0 Å². The van der Waals surface area contributed by atoms with Crippen LogP contribution >= 0.6 is 11.7 Å². The molecule has 2 rings (SSSR count). The molecular formula is C14H21N3OS. The predicted molar refractivity (Wildman–Crippen MR) is 77.7 cm³/mol. The molecule has 1 aromatic rings. The lowest BCUT2D eigenvalue weighted by atomic mass is 10.1. The van der Waals surface area contributed by atoms with Gasteiger partial charge in [0.05, 0.1) is 35.9 Å². The second kappa shape index (κ2) is 7.40. The molecule has 0 aliphatic carbocycles. The molecule has 19 heavy (non-hydrogen) atoms. The van der Waals surface area contributed by atoms with Crippen molar-refractivity contribution in [2.24, 2.45) is 0 Å². The van der Waals surface area contributed by atoms with Gasteiger partial charge in [-0.3, -0.25) is 4.90 Å². The Bertz CT molecular complexity index is 428. The molecule has 0 saturated carbocycles. The molecular weight excluding hydrogens is 258 g/mol. The third kappa shape index (κ3) is 4.14. The van der Waals surface area contributed by atoms with Gasteiger partial charge in [0.15, 0.2) is 0 Å². The molecule has 4 nitrogen and oxygen atoms in total. The first-order valence-electron chi connectivity index (χ1n) is 6.81. The van der Waals surface area contributed by atoms with Gasteiger partial charge in [0, 0.05) is 13.0 Å². The van der Waals surface area contributed by atoms with E-state index in [1.165, 1.54) is 24.6 Å². The summed E-state index contributed by atoms with van der Waals surface area (Å²) in [6.45, 7) is 3.18. The van der Waals surface area contributed by atoms with Gasteiger partial charge in [0.1, 0.15) is 5.76 Å². The molecule has 1 aliphatic heterocycles. The number of likely N-dealkylation sites (N-methyl/N-ethyl adjacent to an activating group) is 1. The molecule has 1 atom stereocenters. The van der Waals surface area contributed by atoms with Gasteiger partial charge in [0.2, 0.25) is 0 Å². The van der Waals surface area contributed by atoms with Crippen LogP contribution in [-0.4, -0.2) is 27.2 Å². The Kier molecular flexibility index (Phi) is 5.54. The van der Waals surface area contributed by atoms with Crippen LogP contribution in [0.2, 0.25) is 0 Å². The lowest BCUT2D eigenvalue weighted by molar-refractivity contribution is 0.222. The summed E-state index contributed by atoms with van der Waals surface area (Å²) >= 11 is 1.25. The van der Waals surface area contributed by atoms with Crippen molar-refractivity contribution < 1.29 is 4.74 Å². The highest BCUT2D eigenvalue weighted by Crippen LogP contribution is 2.27. The topological polar surface area (TPSA) is 38.3 Å². The summed E-state index contributed by atoms with van der Waals surface area (Å²) in [6, 6.07) is 0.187. The fourth-order valence-electron chi connectivity index (χ4n) is 2.05. The lowest BCUT2D eigenvalue weighted by Gasteiger charge is -2.29. The highest BCUT2D eigenvalue weighted by molar-refractivity contribution is 6.99. The summed E-state index contributed by atoms with van der Waals surface area (Å²) in [5.41, 5.74) is 1.00. The number of ether oxygens (including phenoxy) is 1. The molecule has 0 aromatic carbocycles. The SMILES string of the molecule is CCCCC=COC1=CC(c2cnsn2)N(C)CC1. The molecule has 1 unspecified atom stereocenters. The van der Waals surface area contributed by atoms with Gasteiger partial charge in [-0.2, -0.15) is 8.75 Å². The number of aromatic nitrogens is 2. The van der Waals surface area contributed by atoms with E-state index in [1.54, 1.807) is 0 Å². The quantitative estimate of drug-likeness (QED) is 0.590. The van der Waals surface area contributed by atoms with Crippen molar-refractivity contribution in [2.45, 2.75) is 38.6 Å². The molecule has 0 radical (unpaired) electrons. The highest BCUT2D eigenvalue weighted by Gasteiger charge is 2.22. The average molecular weight is 279 g/mol. The number of nitrogens with zero attached hydrogens (tertiary/aromatic N) is 3. The van der Waals surface area contributed by atoms with Crippen LogP contribution in [0.4, 0.5) is 0 Å². The summed E-state index contributed by atoms with van der Waals surface area (Å²) in [7, 11) is 2.11. The summed E-state index contributed by atoms with van der Waals surface area (Å²) in [4.78, 5) is 2.27. The Morgan fingerprint density at radius 1 is 1.58 bits per heavy atom. The van der Waals surface area contributed by atoms with Crippen LogP contribution in [0.25, 0.3) is 0 Å². The summed E-state index contributed by atoms with van der Waals surface area (Å²) in [6.07, 6.45) is 12.4. The van der Waals surface area contributed by atoms with Crippen molar-refractivity contribution in [1.29, 1.82) is 0 Å². The lowest BCUT2D eigenvalue weighted by Crippen LogP contribution is -2.28. The van der Waals surface area contributed by atoms with E-state index < -0.39 is 0 Å². The second-order valence-electron chi connectivity index (χ2n) is 4.77. The first kappa shape index (κ1) is 14.2. The van der Waals surface area contributed by atoms with Crippen molar-refractivity contribution in [2.75, 3.05) is 13.6 Å². The minimum absolute atomic E-state index is 0.187.